The van der Waals surface area contributed by atoms with Gasteiger partial charge in [0.15, 0.2) is 0 Å². The SMILES string of the molecule is [B]c1cc(Br)cc(OC(F)(F)F)c1. The molecule has 1 nitrogen and oxygen atoms in total. The molecule has 0 saturated heterocycles. The number of halogens is 4. The Kier molecular flexibility index (Phi) is 2.90. The largest absolute Gasteiger partial charge is 0.573 e. The first-order valence-electron chi connectivity index (χ1n) is 3.18. The highest BCUT2D eigenvalue weighted by molar-refractivity contribution is 9.10. The summed E-state index contributed by atoms with van der Waals surface area (Å²) in [4.78, 5) is 0. The van der Waals surface area contributed by atoms with Gasteiger partial charge in [-0.15, -0.1) is 13.2 Å². The highest BCUT2D eigenvalue weighted by Gasteiger charge is 2.31. The van der Waals surface area contributed by atoms with Crippen LogP contribution in [0.4, 0.5) is 13.2 Å². The second kappa shape index (κ2) is 3.61. The van der Waals surface area contributed by atoms with Crippen molar-refractivity contribution in [1.29, 1.82) is 0 Å². The molecular weight excluding hydrogens is 248 g/mol. The van der Waals surface area contributed by atoms with Crippen LogP contribution in [0, 0.1) is 0 Å². The molecule has 0 heterocycles. The third-order valence-corrected chi connectivity index (χ3v) is 1.59. The summed E-state index contributed by atoms with van der Waals surface area (Å²) < 4.78 is 39.3. The van der Waals surface area contributed by atoms with Crippen molar-refractivity contribution in [2.45, 2.75) is 6.36 Å². The Balaban J connectivity index is 2.90. The average molecular weight is 251 g/mol. The summed E-state index contributed by atoms with van der Waals surface area (Å²) >= 11 is 2.99. The van der Waals surface area contributed by atoms with Crippen LogP contribution in [-0.4, -0.2) is 14.2 Å². The fourth-order valence-corrected chi connectivity index (χ4v) is 1.27. The molecule has 0 saturated carbocycles. The first kappa shape index (κ1) is 10.4. The molecule has 2 radical (unpaired) electrons. The van der Waals surface area contributed by atoms with Crippen molar-refractivity contribution in [3.8, 4) is 5.75 Å². The highest BCUT2D eigenvalue weighted by atomic mass is 79.9. The van der Waals surface area contributed by atoms with Gasteiger partial charge in [0, 0.05) is 4.47 Å². The normalized spacial score (nSPS) is 11.4. The van der Waals surface area contributed by atoms with Gasteiger partial charge in [0.05, 0.1) is 0 Å². The summed E-state index contributed by atoms with van der Waals surface area (Å²) in [6.07, 6.45) is -4.69. The van der Waals surface area contributed by atoms with Gasteiger partial charge in [-0.25, -0.2) is 0 Å². The van der Waals surface area contributed by atoms with Gasteiger partial charge in [0.1, 0.15) is 13.6 Å². The minimum absolute atomic E-state index is 0.202. The van der Waals surface area contributed by atoms with Gasteiger partial charge in [-0.1, -0.05) is 27.5 Å². The van der Waals surface area contributed by atoms with E-state index in [1.54, 1.807) is 0 Å². The van der Waals surface area contributed by atoms with Crippen LogP contribution in [0.1, 0.15) is 0 Å². The molecule has 0 aliphatic carbocycles. The Morgan fingerprint density at radius 1 is 1.23 bits per heavy atom. The zero-order chi connectivity index (χ0) is 10.1. The van der Waals surface area contributed by atoms with Crippen molar-refractivity contribution in [3.05, 3.63) is 22.7 Å². The molecule has 0 fully saturated rings. The van der Waals surface area contributed by atoms with E-state index in [2.05, 4.69) is 20.7 Å². The first-order chi connectivity index (χ1) is 5.87. The lowest BCUT2D eigenvalue weighted by molar-refractivity contribution is -0.274. The monoisotopic (exact) mass is 250 g/mol. The van der Waals surface area contributed by atoms with Crippen molar-refractivity contribution in [2.24, 2.45) is 0 Å². The third-order valence-electron chi connectivity index (χ3n) is 1.13. The zero-order valence-electron chi connectivity index (χ0n) is 6.23. The van der Waals surface area contributed by atoms with Crippen LogP contribution in [0.15, 0.2) is 22.7 Å². The molecule has 0 aliphatic heterocycles. The molecule has 13 heavy (non-hydrogen) atoms. The van der Waals surface area contributed by atoms with Gasteiger partial charge in [0.25, 0.3) is 0 Å². The summed E-state index contributed by atoms with van der Waals surface area (Å²) in [5.74, 6) is -0.334. The minimum atomic E-state index is -4.69. The summed E-state index contributed by atoms with van der Waals surface area (Å²) in [6, 6.07) is 3.76. The number of hydrogen-bond acceptors (Lipinski definition) is 1. The number of hydrogen-bond donors (Lipinski definition) is 0. The molecule has 0 unspecified atom stereocenters. The number of alkyl halides is 3. The Morgan fingerprint density at radius 2 is 1.85 bits per heavy atom. The molecule has 0 amide bonds. The number of benzene rings is 1. The van der Waals surface area contributed by atoms with Crippen LogP contribution in [0.2, 0.25) is 0 Å². The molecule has 0 N–H and O–H groups in total. The molecule has 1 aromatic carbocycles. The van der Waals surface area contributed by atoms with E-state index in [0.29, 0.717) is 4.47 Å². The molecule has 0 aromatic heterocycles. The Morgan fingerprint density at radius 3 is 2.31 bits per heavy atom. The molecule has 1 rings (SSSR count). The first-order valence-corrected chi connectivity index (χ1v) is 3.98. The fraction of sp³-hybridized carbons (Fsp3) is 0.143. The fourth-order valence-electron chi connectivity index (χ4n) is 0.777. The maximum atomic E-state index is 11.7. The lowest BCUT2D eigenvalue weighted by Gasteiger charge is -2.09. The molecule has 0 aliphatic rings. The van der Waals surface area contributed by atoms with Gasteiger partial charge in [0.2, 0.25) is 0 Å². The quantitative estimate of drug-likeness (QED) is 0.694. The predicted molar refractivity (Wildman–Crippen MR) is 46.2 cm³/mol. The molecule has 1 aromatic rings. The highest BCUT2D eigenvalue weighted by Crippen LogP contribution is 2.24. The third kappa shape index (κ3) is 3.72. The van der Waals surface area contributed by atoms with E-state index in [4.69, 9.17) is 7.85 Å². The van der Waals surface area contributed by atoms with Crippen molar-refractivity contribution < 1.29 is 17.9 Å². The van der Waals surface area contributed by atoms with Crippen LogP contribution in [0.5, 0.6) is 5.75 Å². The van der Waals surface area contributed by atoms with E-state index in [-0.39, 0.29) is 11.2 Å². The van der Waals surface area contributed by atoms with Gasteiger partial charge in [-0.05, 0) is 12.1 Å². The van der Waals surface area contributed by atoms with Crippen LogP contribution in [0.25, 0.3) is 0 Å². The van der Waals surface area contributed by atoms with Crippen LogP contribution in [-0.2, 0) is 0 Å². The van der Waals surface area contributed by atoms with Crippen LogP contribution < -0.4 is 10.2 Å². The van der Waals surface area contributed by atoms with Crippen LogP contribution >= 0.6 is 15.9 Å². The molecule has 6 heteroatoms. The minimum Gasteiger partial charge on any atom is -0.406 e. The Bertz CT molecular complexity index is 293. The van der Waals surface area contributed by atoms with Crippen molar-refractivity contribution in [3.63, 3.8) is 0 Å². The summed E-state index contributed by atoms with van der Waals surface area (Å²) in [6.45, 7) is 0. The van der Waals surface area contributed by atoms with E-state index in [0.717, 1.165) is 6.07 Å². The molecule has 0 bridgehead atoms. The van der Waals surface area contributed by atoms with Gasteiger partial charge < -0.3 is 4.74 Å². The second-order valence-electron chi connectivity index (χ2n) is 2.27. The summed E-state index contributed by atoms with van der Waals surface area (Å²) in [5, 5.41) is 0. The average Bonchev–Trinajstić information content (AvgIpc) is 1.78. The molecule has 68 valence electrons. The van der Waals surface area contributed by atoms with Crippen molar-refractivity contribution >= 4 is 29.2 Å². The maximum Gasteiger partial charge on any atom is 0.573 e. The molecule has 0 spiro atoms. The molecular formula is C7H3BBrF3O. The Hall–Kier alpha value is -0.645. The maximum absolute atomic E-state index is 11.7. The number of ether oxygens (including phenoxy) is 1. The summed E-state index contributed by atoms with van der Waals surface area (Å²) in [5.41, 5.74) is 0.202. The lowest BCUT2D eigenvalue weighted by atomic mass is 9.96. The van der Waals surface area contributed by atoms with Crippen molar-refractivity contribution in [2.75, 3.05) is 0 Å². The smallest absolute Gasteiger partial charge is 0.406 e. The van der Waals surface area contributed by atoms with E-state index in [9.17, 15) is 13.2 Å². The van der Waals surface area contributed by atoms with E-state index >= 15 is 0 Å². The predicted octanol–water partition coefficient (Wildman–Crippen LogP) is 2.14. The van der Waals surface area contributed by atoms with Gasteiger partial charge >= 0.3 is 6.36 Å². The molecule has 0 atom stereocenters. The van der Waals surface area contributed by atoms with E-state index in [1.165, 1.54) is 12.1 Å². The van der Waals surface area contributed by atoms with Crippen LogP contribution in [0.3, 0.4) is 0 Å². The van der Waals surface area contributed by atoms with Gasteiger partial charge in [-0.2, -0.15) is 0 Å². The standard InChI is InChI=1S/C7H3BBrF3O/c8-4-1-5(9)3-6(2-4)13-7(10,11)12/h1-3H. The zero-order valence-corrected chi connectivity index (χ0v) is 7.82. The number of rotatable bonds is 1. The van der Waals surface area contributed by atoms with Gasteiger partial charge in [-0.3, -0.25) is 0 Å². The second-order valence-corrected chi connectivity index (χ2v) is 3.18. The summed E-state index contributed by atoms with van der Waals surface area (Å²) in [7, 11) is 5.30. The Labute approximate surface area is 82.4 Å². The van der Waals surface area contributed by atoms with E-state index in [1.807, 2.05) is 0 Å². The topological polar surface area (TPSA) is 9.23 Å². The lowest BCUT2D eigenvalue weighted by Crippen LogP contribution is -2.18. The van der Waals surface area contributed by atoms with Crippen molar-refractivity contribution in [1.82, 2.24) is 0 Å². The van der Waals surface area contributed by atoms with E-state index < -0.39 is 6.36 Å².